The molecule has 7 heteroatoms. The first-order valence-corrected chi connectivity index (χ1v) is 9.16. The van der Waals surface area contributed by atoms with Crippen molar-refractivity contribution in [1.82, 2.24) is 5.32 Å². The van der Waals surface area contributed by atoms with Gasteiger partial charge < -0.3 is 0 Å². The molecule has 0 radical (unpaired) electrons. The van der Waals surface area contributed by atoms with Crippen molar-refractivity contribution in [2.75, 3.05) is 4.90 Å². The van der Waals surface area contributed by atoms with E-state index in [0.29, 0.717) is 5.69 Å². The molecule has 24 heavy (non-hydrogen) atoms. The van der Waals surface area contributed by atoms with E-state index in [1.54, 1.807) is 18.2 Å². The predicted octanol–water partition coefficient (Wildman–Crippen LogP) is 3.89. The van der Waals surface area contributed by atoms with Crippen LogP contribution < -0.4 is 10.2 Å². The molecule has 1 heterocycles. The number of hydrogen-bond acceptors (Lipinski definition) is 3. The lowest BCUT2D eigenvalue weighted by atomic mass is 10.1. The van der Waals surface area contributed by atoms with Crippen molar-refractivity contribution in [3.8, 4) is 0 Å². The van der Waals surface area contributed by atoms with Gasteiger partial charge in [-0.2, -0.15) is 0 Å². The summed E-state index contributed by atoms with van der Waals surface area (Å²) in [6, 6.07) is 14.7. The van der Waals surface area contributed by atoms with Crippen LogP contribution >= 0.6 is 50.7 Å². The largest absolute Gasteiger partial charge is 0.298 e. The van der Waals surface area contributed by atoms with Gasteiger partial charge in [0.05, 0.1) is 5.69 Å². The van der Waals surface area contributed by atoms with Crippen LogP contribution in [-0.4, -0.2) is 16.9 Å². The van der Waals surface area contributed by atoms with Crippen molar-refractivity contribution >= 4 is 79.4 Å². The first kappa shape index (κ1) is 17.2. The van der Waals surface area contributed by atoms with Gasteiger partial charge in [-0.1, -0.05) is 28.1 Å². The fraction of sp³-hybridized carbons (Fsp3) is 0. The van der Waals surface area contributed by atoms with E-state index in [1.807, 2.05) is 36.4 Å². The lowest BCUT2D eigenvalue weighted by Crippen LogP contribution is -2.54. The smallest absolute Gasteiger partial charge is 0.270 e. The highest BCUT2D eigenvalue weighted by Gasteiger charge is 2.34. The van der Waals surface area contributed by atoms with Crippen LogP contribution in [0.4, 0.5) is 5.69 Å². The second kappa shape index (κ2) is 7.12. The van der Waals surface area contributed by atoms with Gasteiger partial charge in [0.15, 0.2) is 5.11 Å². The molecule has 0 aromatic heterocycles. The van der Waals surface area contributed by atoms with Gasteiger partial charge in [-0.15, -0.1) is 0 Å². The molecule has 120 valence electrons. The summed E-state index contributed by atoms with van der Waals surface area (Å²) < 4.78 is 1.96. The minimum atomic E-state index is -0.489. The average Bonchev–Trinajstić information content (AvgIpc) is 2.55. The van der Waals surface area contributed by atoms with Gasteiger partial charge in [-0.05, 0) is 82.8 Å². The molecule has 4 nitrogen and oxygen atoms in total. The number of thiocarbonyl (C=S) groups is 1. The molecule has 0 unspecified atom stereocenters. The summed E-state index contributed by atoms with van der Waals surface area (Å²) in [5.74, 6) is -0.929. The average molecular weight is 513 g/mol. The third-order valence-corrected chi connectivity index (χ3v) is 4.90. The molecule has 0 aliphatic carbocycles. The Labute approximate surface area is 166 Å². The van der Waals surface area contributed by atoms with Crippen molar-refractivity contribution in [3.05, 3.63) is 67.7 Å². The Morgan fingerprint density at radius 2 is 1.67 bits per heavy atom. The highest BCUT2D eigenvalue weighted by atomic mass is 127. The number of anilines is 1. The summed E-state index contributed by atoms with van der Waals surface area (Å²) in [6.45, 7) is 0. The Bertz CT molecular complexity index is 863. The molecule has 2 aromatic rings. The summed E-state index contributed by atoms with van der Waals surface area (Å²) >= 11 is 10.7. The zero-order valence-electron chi connectivity index (χ0n) is 12.1. The Morgan fingerprint density at radius 3 is 2.29 bits per heavy atom. The SMILES string of the molecule is O=C1NC(=S)N(c2ccc(Br)cc2)C(=O)/C1=C/c1ccc(I)cc1. The number of nitrogens with one attached hydrogen (secondary N) is 1. The third-order valence-electron chi connectivity index (χ3n) is 3.37. The molecule has 0 bridgehead atoms. The lowest BCUT2D eigenvalue weighted by Gasteiger charge is -2.28. The monoisotopic (exact) mass is 512 g/mol. The molecule has 1 aliphatic heterocycles. The molecule has 0 atom stereocenters. The first-order chi connectivity index (χ1) is 11.5. The zero-order valence-corrected chi connectivity index (χ0v) is 16.7. The number of carbonyl (C=O) groups is 2. The van der Waals surface area contributed by atoms with E-state index in [0.717, 1.165) is 13.6 Å². The number of carbonyl (C=O) groups excluding carboxylic acids is 2. The molecule has 2 amide bonds. The molecular formula is C17H10BrIN2O2S. The van der Waals surface area contributed by atoms with Gasteiger partial charge in [-0.3, -0.25) is 19.8 Å². The highest BCUT2D eigenvalue weighted by molar-refractivity contribution is 14.1. The molecule has 0 spiro atoms. The maximum absolute atomic E-state index is 12.8. The van der Waals surface area contributed by atoms with Crippen molar-refractivity contribution in [2.45, 2.75) is 0 Å². The first-order valence-electron chi connectivity index (χ1n) is 6.88. The van der Waals surface area contributed by atoms with Crippen molar-refractivity contribution in [2.24, 2.45) is 0 Å². The standard InChI is InChI=1S/C17H10BrIN2O2S/c18-11-3-7-13(8-4-11)21-16(23)14(15(22)20-17(21)24)9-10-1-5-12(19)6-2-10/h1-9H,(H,20,22,24)/b14-9+. The van der Waals surface area contributed by atoms with Gasteiger partial charge in [-0.25, -0.2) is 0 Å². The maximum atomic E-state index is 12.8. The van der Waals surface area contributed by atoms with E-state index in [9.17, 15) is 9.59 Å². The van der Waals surface area contributed by atoms with E-state index in [4.69, 9.17) is 12.2 Å². The van der Waals surface area contributed by atoms with Gasteiger partial charge in [0.1, 0.15) is 5.57 Å². The minimum Gasteiger partial charge on any atom is -0.298 e. The van der Waals surface area contributed by atoms with E-state index in [2.05, 4.69) is 43.8 Å². The van der Waals surface area contributed by atoms with Crippen molar-refractivity contribution in [1.29, 1.82) is 0 Å². The topological polar surface area (TPSA) is 49.4 Å². The van der Waals surface area contributed by atoms with Crippen LogP contribution in [0.15, 0.2) is 58.6 Å². The summed E-state index contributed by atoms with van der Waals surface area (Å²) in [7, 11) is 0. The van der Waals surface area contributed by atoms with Crippen LogP contribution in [0.5, 0.6) is 0 Å². The second-order valence-corrected chi connectivity index (χ2v) is 7.53. The number of halogens is 2. The van der Waals surface area contributed by atoms with Crippen molar-refractivity contribution in [3.63, 3.8) is 0 Å². The highest BCUT2D eigenvalue weighted by Crippen LogP contribution is 2.24. The number of nitrogens with zero attached hydrogens (tertiary/aromatic N) is 1. The number of rotatable bonds is 2. The van der Waals surface area contributed by atoms with Crippen molar-refractivity contribution < 1.29 is 9.59 Å². The summed E-state index contributed by atoms with van der Waals surface area (Å²) in [5.41, 5.74) is 1.42. The van der Waals surface area contributed by atoms with Crippen LogP contribution in [0.1, 0.15) is 5.56 Å². The number of benzene rings is 2. The lowest BCUT2D eigenvalue weighted by molar-refractivity contribution is -0.122. The van der Waals surface area contributed by atoms with Crippen LogP contribution in [0, 0.1) is 3.57 Å². The molecule has 2 aromatic carbocycles. The number of hydrogen-bond donors (Lipinski definition) is 1. The van der Waals surface area contributed by atoms with Crippen LogP contribution in [0.3, 0.4) is 0 Å². The molecule has 3 rings (SSSR count). The minimum absolute atomic E-state index is 0.0488. The normalized spacial score (nSPS) is 16.5. The quantitative estimate of drug-likeness (QED) is 0.287. The summed E-state index contributed by atoms with van der Waals surface area (Å²) in [6.07, 6.45) is 1.57. The Balaban J connectivity index is 1.99. The second-order valence-electron chi connectivity index (χ2n) is 4.99. The molecule has 1 aliphatic rings. The number of amides is 2. The zero-order chi connectivity index (χ0) is 17.3. The third kappa shape index (κ3) is 3.57. The summed E-state index contributed by atoms with van der Waals surface area (Å²) in [5, 5.41) is 2.65. The maximum Gasteiger partial charge on any atom is 0.270 e. The van der Waals surface area contributed by atoms with E-state index < -0.39 is 11.8 Å². The van der Waals surface area contributed by atoms with Gasteiger partial charge in [0.2, 0.25) is 0 Å². The fourth-order valence-corrected chi connectivity index (χ4v) is 3.11. The Kier molecular flexibility index (Phi) is 5.12. The van der Waals surface area contributed by atoms with E-state index >= 15 is 0 Å². The summed E-state index contributed by atoms with van der Waals surface area (Å²) in [4.78, 5) is 26.3. The Morgan fingerprint density at radius 1 is 1.04 bits per heavy atom. The predicted molar refractivity (Wildman–Crippen MR) is 110 cm³/mol. The fourth-order valence-electron chi connectivity index (χ4n) is 2.21. The van der Waals surface area contributed by atoms with Gasteiger partial charge >= 0.3 is 0 Å². The Hall–Kier alpha value is -1.58. The van der Waals surface area contributed by atoms with E-state index in [1.165, 1.54) is 4.90 Å². The van der Waals surface area contributed by atoms with Gasteiger partial charge in [0.25, 0.3) is 11.8 Å². The van der Waals surface area contributed by atoms with Crippen LogP contribution in [0.2, 0.25) is 0 Å². The van der Waals surface area contributed by atoms with E-state index in [-0.39, 0.29) is 10.7 Å². The molecule has 1 saturated heterocycles. The molecule has 1 N–H and O–H groups in total. The van der Waals surface area contributed by atoms with Crippen LogP contribution in [-0.2, 0) is 9.59 Å². The molecular weight excluding hydrogens is 503 g/mol. The molecule has 1 fully saturated rings. The molecule has 0 saturated carbocycles. The van der Waals surface area contributed by atoms with Gasteiger partial charge in [0, 0.05) is 8.04 Å². The van der Waals surface area contributed by atoms with Crippen LogP contribution in [0.25, 0.3) is 6.08 Å².